The molecule has 0 saturated heterocycles. The van der Waals surface area contributed by atoms with Crippen molar-refractivity contribution in [1.29, 1.82) is 0 Å². The van der Waals surface area contributed by atoms with Crippen LogP contribution < -0.4 is 21.3 Å². The van der Waals surface area contributed by atoms with Crippen LogP contribution in [0.5, 0.6) is 0 Å². The molecule has 9 nitrogen and oxygen atoms in total. The first-order chi connectivity index (χ1) is 9.01. The molecule has 0 heterocycles. The number of nitrogens with one attached hydrogen (secondary N) is 4. The van der Waals surface area contributed by atoms with Gasteiger partial charge in [-0.25, -0.2) is 0 Å². The molecule has 0 aromatic carbocycles. The number of hydrogen-bond donors (Lipinski definition) is 6. The van der Waals surface area contributed by atoms with Crippen molar-refractivity contribution < 1.29 is 22.3 Å². The van der Waals surface area contributed by atoms with Gasteiger partial charge in [0.15, 0.2) is 0 Å². The smallest absolute Gasteiger partial charge is 0.352 e. The summed E-state index contributed by atoms with van der Waals surface area (Å²) in [6, 6.07) is 0. The molecule has 0 atom stereocenters. The van der Waals surface area contributed by atoms with Crippen LogP contribution in [-0.2, 0) is 15.2 Å². The van der Waals surface area contributed by atoms with E-state index in [0.29, 0.717) is 12.1 Å². The SMILES string of the molecule is C=C(C)C(=O)NCCC(NC)(NC)NC.O=S(=O)(O)O. The maximum atomic E-state index is 11.2. The molecule has 6 N–H and O–H groups in total. The Kier molecular flexibility index (Phi) is 10.4. The van der Waals surface area contributed by atoms with Crippen LogP contribution in [-0.4, -0.2) is 56.9 Å². The largest absolute Gasteiger partial charge is 0.394 e. The zero-order valence-corrected chi connectivity index (χ0v) is 13.0. The molecule has 0 bridgehead atoms. The fraction of sp³-hybridized carbons (Fsp3) is 0.700. The molecule has 0 spiro atoms. The van der Waals surface area contributed by atoms with Gasteiger partial charge in [0, 0.05) is 18.5 Å². The molecule has 0 aliphatic rings. The molecular weight excluding hydrogens is 288 g/mol. The lowest BCUT2D eigenvalue weighted by atomic mass is 10.2. The third-order valence-electron chi connectivity index (χ3n) is 2.45. The number of hydrogen-bond acceptors (Lipinski definition) is 6. The maximum Gasteiger partial charge on any atom is 0.394 e. The van der Waals surface area contributed by atoms with Crippen LogP contribution in [0.1, 0.15) is 13.3 Å². The highest BCUT2D eigenvalue weighted by Gasteiger charge is 2.22. The van der Waals surface area contributed by atoms with Gasteiger partial charge in [-0.05, 0) is 28.1 Å². The quantitative estimate of drug-likeness (QED) is 0.194. The van der Waals surface area contributed by atoms with Crippen molar-refractivity contribution in [1.82, 2.24) is 21.3 Å². The molecule has 0 aromatic heterocycles. The molecule has 0 radical (unpaired) electrons. The lowest BCUT2D eigenvalue weighted by Gasteiger charge is -2.33. The minimum atomic E-state index is -4.67. The summed E-state index contributed by atoms with van der Waals surface area (Å²) in [6.45, 7) is 5.84. The van der Waals surface area contributed by atoms with Crippen molar-refractivity contribution in [3.05, 3.63) is 12.2 Å². The van der Waals surface area contributed by atoms with Gasteiger partial charge in [-0.15, -0.1) is 0 Å². The van der Waals surface area contributed by atoms with Crippen molar-refractivity contribution in [3.8, 4) is 0 Å². The Labute approximate surface area is 119 Å². The molecule has 0 saturated carbocycles. The Morgan fingerprint density at radius 1 is 1.15 bits per heavy atom. The Hall–Kier alpha value is -1.04. The van der Waals surface area contributed by atoms with Crippen LogP contribution in [0.15, 0.2) is 12.2 Å². The Balaban J connectivity index is 0. The van der Waals surface area contributed by atoms with Gasteiger partial charge in [-0.1, -0.05) is 6.58 Å². The fourth-order valence-electron chi connectivity index (χ4n) is 1.26. The lowest BCUT2D eigenvalue weighted by Crippen LogP contribution is -2.64. The summed E-state index contributed by atoms with van der Waals surface area (Å²) in [5.41, 5.74) is 0.527. The van der Waals surface area contributed by atoms with Crippen LogP contribution in [0.4, 0.5) is 0 Å². The van der Waals surface area contributed by atoms with Gasteiger partial charge in [0.2, 0.25) is 5.91 Å². The first kappa shape index (κ1) is 21.3. The second kappa shape index (κ2) is 9.80. The van der Waals surface area contributed by atoms with Crippen molar-refractivity contribution in [2.75, 3.05) is 27.7 Å². The summed E-state index contributed by atoms with van der Waals surface area (Å²) >= 11 is 0. The normalized spacial score (nSPS) is 11.3. The molecule has 0 aliphatic carbocycles. The van der Waals surface area contributed by atoms with E-state index in [0.717, 1.165) is 6.42 Å². The number of carbonyl (C=O) groups excluding carboxylic acids is 1. The zero-order chi connectivity index (χ0) is 16.4. The molecule has 0 rings (SSSR count). The van der Waals surface area contributed by atoms with Gasteiger partial charge in [0.1, 0.15) is 5.79 Å². The minimum Gasteiger partial charge on any atom is -0.352 e. The average molecular weight is 312 g/mol. The maximum absolute atomic E-state index is 11.2. The van der Waals surface area contributed by atoms with Crippen LogP contribution in [0.3, 0.4) is 0 Å². The fourth-order valence-corrected chi connectivity index (χ4v) is 1.26. The van der Waals surface area contributed by atoms with Crippen LogP contribution in [0.25, 0.3) is 0 Å². The lowest BCUT2D eigenvalue weighted by molar-refractivity contribution is -0.117. The highest BCUT2D eigenvalue weighted by molar-refractivity contribution is 7.79. The van der Waals surface area contributed by atoms with E-state index in [-0.39, 0.29) is 11.7 Å². The van der Waals surface area contributed by atoms with Crippen LogP contribution in [0, 0.1) is 0 Å². The van der Waals surface area contributed by atoms with Crippen molar-refractivity contribution >= 4 is 16.3 Å². The Bertz CT molecular complexity index is 390. The van der Waals surface area contributed by atoms with Crippen molar-refractivity contribution in [3.63, 3.8) is 0 Å². The van der Waals surface area contributed by atoms with E-state index in [9.17, 15) is 4.79 Å². The predicted molar refractivity (Wildman–Crippen MR) is 76.5 cm³/mol. The summed E-state index contributed by atoms with van der Waals surface area (Å²) in [7, 11) is 0.898. The van der Waals surface area contributed by atoms with Gasteiger partial charge in [-0.3, -0.25) is 29.9 Å². The van der Waals surface area contributed by atoms with Crippen molar-refractivity contribution in [2.24, 2.45) is 0 Å². The number of rotatable bonds is 7. The predicted octanol–water partition coefficient (Wildman–Crippen LogP) is -1.27. The number of carbonyl (C=O) groups is 1. The zero-order valence-electron chi connectivity index (χ0n) is 12.1. The van der Waals surface area contributed by atoms with E-state index in [1.54, 1.807) is 6.92 Å². The van der Waals surface area contributed by atoms with E-state index in [1.165, 1.54) is 0 Å². The molecule has 1 amide bonds. The standard InChI is InChI=1S/C10H22N4O.H2O4S/c1-8(2)9(15)14-7-6-10(11-3,12-4)13-5;1-5(2,3)4/h11-13H,1,6-7H2,2-5H3,(H,14,15);(H2,1,2,3,4). The highest BCUT2D eigenvalue weighted by Crippen LogP contribution is 1.98. The first-order valence-corrected chi connectivity index (χ1v) is 7.11. The monoisotopic (exact) mass is 312 g/mol. The summed E-state index contributed by atoms with van der Waals surface area (Å²) in [5.74, 6) is -0.449. The minimum absolute atomic E-state index is 0.104. The first-order valence-electron chi connectivity index (χ1n) is 5.71. The molecule has 20 heavy (non-hydrogen) atoms. The Morgan fingerprint density at radius 2 is 1.50 bits per heavy atom. The number of amides is 1. The van der Waals surface area contributed by atoms with E-state index in [1.807, 2.05) is 21.1 Å². The molecule has 10 heteroatoms. The molecule has 0 unspecified atom stereocenters. The van der Waals surface area contributed by atoms with Crippen LogP contribution in [0.2, 0.25) is 0 Å². The van der Waals surface area contributed by atoms with E-state index < -0.39 is 10.4 Å². The van der Waals surface area contributed by atoms with Crippen molar-refractivity contribution in [2.45, 2.75) is 19.1 Å². The van der Waals surface area contributed by atoms with Gasteiger partial charge in [0.05, 0.1) is 0 Å². The second-order valence-corrected chi connectivity index (χ2v) is 4.79. The van der Waals surface area contributed by atoms with E-state index in [4.69, 9.17) is 17.5 Å². The van der Waals surface area contributed by atoms with Gasteiger partial charge < -0.3 is 5.32 Å². The third kappa shape index (κ3) is 12.0. The van der Waals surface area contributed by atoms with E-state index in [2.05, 4.69) is 27.8 Å². The van der Waals surface area contributed by atoms with Crippen LogP contribution >= 0.6 is 0 Å². The molecule has 0 aromatic rings. The van der Waals surface area contributed by atoms with Gasteiger partial charge in [-0.2, -0.15) is 8.42 Å². The highest BCUT2D eigenvalue weighted by atomic mass is 32.3. The summed E-state index contributed by atoms with van der Waals surface area (Å²) < 4.78 is 31.6. The molecular formula is C10H24N4O5S. The topological polar surface area (TPSA) is 140 Å². The van der Waals surface area contributed by atoms with E-state index >= 15 is 0 Å². The Morgan fingerprint density at radius 3 is 1.75 bits per heavy atom. The summed E-state index contributed by atoms with van der Waals surface area (Å²) in [4.78, 5) is 11.2. The average Bonchev–Trinajstić information content (AvgIpc) is 2.33. The molecule has 120 valence electrons. The summed E-state index contributed by atoms with van der Waals surface area (Å²) in [5, 5.41) is 12.1. The molecule has 0 aliphatic heterocycles. The van der Waals surface area contributed by atoms with Gasteiger partial charge in [0.25, 0.3) is 0 Å². The molecule has 0 fully saturated rings. The summed E-state index contributed by atoms with van der Waals surface area (Å²) in [6.07, 6.45) is 0.732. The third-order valence-corrected chi connectivity index (χ3v) is 2.45. The second-order valence-electron chi connectivity index (χ2n) is 3.89. The van der Waals surface area contributed by atoms with Gasteiger partial charge >= 0.3 is 10.4 Å².